The van der Waals surface area contributed by atoms with Gasteiger partial charge in [0.25, 0.3) is 0 Å². The third-order valence-electron chi connectivity index (χ3n) is 2.65. The molecule has 4 nitrogen and oxygen atoms in total. The van der Waals surface area contributed by atoms with E-state index in [1.807, 2.05) is 23.8 Å². The fourth-order valence-electron chi connectivity index (χ4n) is 1.77. The lowest BCUT2D eigenvalue weighted by Gasteiger charge is -2.07. The van der Waals surface area contributed by atoms with Crippen molar-refractivity contribution in [1.29, 1.82) is 0 Å². The molecule has 19 heavy (non-hydrogen) atoms. The maximum absolute atomic E-state index is 4.56. The summed E-state index contributed by atoms with van der Waals surface area (Å²) in [5.74, 6) is 1.58. The molecule has 3 heterocycles. The van der Waals surface area contributed by atoms with Crippen LogP contribution in [0.4, 0.5) is 5.82 Å². The zero-order valence-corrected chi connectivity index (χ0v) is 13.2. The van der Waals surface area contributed by atoms with Crippen molar-refractivity contribution < 1.29 is 0 Å². The van der Waals surface area contributed by atoms with Crippen molar-refractivity contribution in [3.05, 3.63) is 33.5 Å². The number of rotatable bonds is 3. The van der Waals surface area contributed by atoms with Crippen molar-refractivity contribution in [2.24, 2.45) is 0 Å². The summed E-state index contributed by atoms with van der Waals surface area (Å²) in [5.41, 5.74) is 1.97. The van der Waals surface area contributed by atoms with Gasteiger partial charge in [0, 0.05) is 24.5 Å². The Morgan fingerprint density at radius 3 is 3.05 bits per heavy atom. The zero-order chi connectivity index (χ0) is 13.2. The van der Waals surface area contributed by atoms with Crippen LogP contribution in [-0.4, -0.2) is 21.5 Å². The smallest absolute Gasteiger partial charge is 0.163 e. The maximum Gasteiger partial charge on any atom is 0.163 e. The largest absolute Gasteiger partial charge is 0.369 e. The van der Waals surface area contributed by atoms with Gasteiger partial charge in [-0.3, -0.25) is 4.98 Å². The second kappa shape index (κ2) is 5.38. The van der Waals surface area contributed by atoms with Crippen LogP contribution in [0.1, 0.15) is 6.92 Å². The van der Waals surface area contributed by atoms with Gasteiger partial charge in [0.15, 0.2) is 5.82 Å². The molecule has 0 aliphatic heterocycles. The van der Waals surface area contributed by atoms with Gasteiger partial charge in [-0.1, -0.05) is 0 Å². The Balaban J connectivity index is 2.07. The van der Waals surface area contributed by atoms with Crippen molar-refractivity contribution >= 4 is 50.0 Å². The minimum Gasteiger partial charge on any atom is -0.369 e. The van der Waals surface area contributed by atoms with Crippen molar-refractivity contribution in [3.63, 3.8) is 0 Å². The molecule has 0 aliphatic rings. The number of hydrogen-bond acceptors (Lipinski definition) is 5. The Bertz CT molecular complexity index is 725. The summed E-state index contributed by atoms with van der Waals surface area (Å²) >= 11 is 3.91. The van der Waals surface area contributed by atoms with E-state index in [2.05, 4.69) is 55.8 Å². The first-order valence-corrected chi connectivity index (χ1v) is 7.84. The number of nitrogens with one attached hydrogen (secondary N) is 1. The highest BCUT2D eigenvalue weighted by atomic mass is 127. The lowest BCUT2D eigenvalue weighted by molar-refractivity contribution is 1.10. The zero-order valence-electron chi connectivity index (χ0n) is 10.2. The van der Waals surface area contributed by atoms with Gasteiger partial charge in [-0.25, -0.2) is 9.97 Å². The molecule has 3 aromatic rings. The molecule has 0 unspecified atom stereocenters. The number of pyridine rings is 1. The molecular formula is C13H11IN4S. The molecule has 0 saturated carbocycles. The molecular weight excluding hydrogens is 371 g/mol. The minimum absolute atomic E-state index is 0.708. The Hall–Kier alpha value is -1.28. The molecule has 96 valence electrons. The molecule has 3 aromatic heterocycles. The summed E-state index contributed by atoms with van der Waals surface area (Å²) in [5, 5.41) is 5.28. The summed E-state index contributed by atoms with van der Waals surface area (Å²) in [6, 6.07) is 4.10. The predicted molar refractivity (Wildman–Crippen MR) is 87.5 cm³/mol. The SMILES string of the molecule is CCNc1nc(-c2cnc3ccsc3c2)ncc1I. The number of thiophene rings is 1. The fourth-order valence-corrected chi connectivity index (χ4v) is 3.00. The molecule has 3 rings (SSSR count). The van der Waals surface area contributed by atoms with Gasteiger partial charge in [0.05, 0.1) is 13.8 Å². The molecule has 0 amide bonds. The van der Waals surface area contributed by atoms with Crippen molar-refractivity contribution in [3.8, 4) is 11.4 Å². The Labute approximate surface area is 128 Å². The normalized spacial score (nSPS) is 10.8. The van der Waals surface area contributed by atoms with Gasteiger partial charge in [0.2, 0.25) is 0 Å². The van der Waals surface area contributed by atoms with Crippen LogP contribution >= 0.6 is 33.9 Å². The third kappa shape index (κ3) is 2.55. The lowest BCUT2D eigenvalue weighted by atomic mass is 10.2. The summed E-state index contributed by atoms with van der Waals surface area (Å²) in [7, 11) is 0. The molecule has 0 radical (unpaired) electrons. The predicted octanol–water partition coefficient (Wildman–Crippen LogP) is 3.79. The molecule has 0 bridgehead atoms. The molecule has 1 N–H and O–H groups in total. The highest BCUT2D eigenvalue weighted by molar-refractivity contribution is 14.1. The van der Waals surface area contributed by atoms with Crippen LogP contribution in [0.25, 0.3) is 21.6 Å². The molecule has 0 fully saturated rings. The first-order chi connectivity index (χ1) is 9.28. The molecule has 0 saturated heterocycles. The van der Waals surface area contributed by atoms with E-state index in [0.29, 0.717) is 5.82 Å². The summed E-state index contributed by atoms with van der Waals surface area (Å²) in [6.45, 7) is 2.89. The monoisotopic (exact) mass is 382 g/mol. The van der Waals surface area contributed by atoms with Crippen LogP contribution in [0.15, 0.2) is 29.9 Å². The molecule has 0 aromatic carbocycles. The summed E-state index contributed by atoms with van der Waals surface area (Å²) in [6.07, 6.45) is 3.66. The van der Waals surface area contributed by atoms with Gasteiger partial charge in [-0.15, -0.1) is 11.3 Å². The number of nitrogens with zero attached hydrogens (tertiary/aromatic N) is 3. The van der Waals surface area contributed by atoms with Gasteiger partial charge in [-0.05, 0) is 47.0 Å². The number of fused-ring (bicyclic) bond motifs is 1. The molecule has 0 aliphatic carbocycles. The molecule has 0 atom stereocenters. The van der Waals surface area contributed by atoms with Crippen molar-refractivity contribution in [2.75, 3.05) is 11.9 Å². The Morgan fingerprint density at radius 1 is 1.32 bits per heavy atom. The number of aromatic nitrogens is 3. The van der Waals surface area contributed by atoms with E-state index >= 15 is 0 Å². The average Bonchev–Trinajstić information content (AvgIpc) is 2.89. The Morgan fingerprint density at radius 2 is 2.21 bits per heavy atom. The van der Waals surface area contributed by atoms with E-state index in [1.165, 1.54) is 0 Å². The quantitative estimate of drug-likeness (QED) is 0.701. The lowest BCUT2D eigenvalue weighted by Crippen LogP contribution is -2.03. The van der Waals surface area contributed by atoms with Gasteiger partial charge >= 0.3 is 0 Å². The first-order valence-electron chi connectivity index (χ1n) is 5.88. The van der Waals surface area contributed by atoms with E-state index in [-0.39, 0.29) is 0 Å². The summed E-state index contributed by atoms with van der Waals surface area (Å²) < 4.78 is 2.18. The van der Waals surface area contributed by atoms with E-state index in [9.17, 15) is 0 Å². The number of hydrogen-bond donors (Lipinski definition) is 1. The summed E-state index contributed by atoms with van der Waals surface area (Å²) in [4.78, 5) is 13.4. The first kappa shape index (κ1) is 12.7. The minimum atomic E-state index is 0.708. The van der Waals surface area contributed by atoms with Crippen LogP contribution in [0.5, 0.6) is 0 Å². The fraction of sp³-hybridized carbons (Fsp3) is 0.154. The second-order valence-corrected chi connectivity index (χ2v) is 6.06. The third-order valence-corrected chi connectivity index (χ3v) is 4.29. The molecule has 0 spiro atoms. The molecule has 6 heteroatoms. The van der Waals surface area contributed by atoms with E-state index in [1.54, 1.807) is 11.3 Å². The topological polar surface area (TPSA) is 50.7 Å². The van der Waals surface area contributed by atoms with Crippen LogP contribution in [0, 0.1) is 3.57 Å². The average molecular weight is 382 g/mol. The number of anilines is 1. The standard InChI is InChI=1S/C13H11IN4S/c1-2-15-13-9(14)7-17-12(18-13)8-5-11-10(16-6-8)3-4-19-11/h3-7H,2H2,1H3,(H,15,17,18). The van der Waals surface area contributed by atoms with Crippen molar-refractivity contribution in [2.45, 2.75) is 6.92 Å². The van der Waals surface area contributed by atoms with Crippen LogP contribution < -0.4 is 5.32 Å². The Kier molecular flexibility index (Phi) is 3.61. The highest BCUT2D eigenvalue weighted by Gasteiger charge is 2.08. The van der Waals surface area contributed by atoms with Crippen LogP contribution in [0.2, 0.25) is 0 Å². The van der Waals surface area contributed by atoms with E-state index < -0.39 is 0 Å². The number of halogens is 1. The van der Waals surface area contributed by atoms with Crippen LogP contribution in [-0.2, 0) is 0 Å². The second-order valence-electron chi connectivity index (χ2n) is 3.95. The van der Waals surface area contributed by atoms with E-state index in [4.69, 9.17) is 0 Å². The maximum atomic E-state index is 4.56. The van der Waals surface area contributed by atoms with Crippen LogP contribution in [0.3, 0.4) is 0 Å². The van der Waals surface area contributed by atoms with Gasteiger partial charge < -0.3 is 5.32 Å². The van der Waals surface area contributed by atoms with E-state index in [0.717, 1.165) is 31.7 Å². The van der Waals surface area contributed by atoms with Crippen molar-refractivity contribution in [1.82, 2.24) is 15.0 Å². The van der Waals surface area contributed by atoms with Gasteiger partial charge in [-0.2, -0.15) is 0 Å². The van der Waals surface area contributed by atoms with Gasteiger partial charge in [0.1, 0.15) is 5.82 Å². The highest BCUT2D eigenvalue weighted by Crippen LogP contribution is 2.25.